The number of nitrogens with zero attached hydrogens (tertiary/aromatic N) is 1. The van der Waals surface area contributed by atoms with Gasteiger partial charge < -0.3 is 33.7 Å². The summed E-state index contributed by atoms with van der Waals surface area (Å²) in [5, 5.41) is 9.33. The van der Waals surface area contributed by atoms with Crippen molar-refractivity contribution in [3.8, 4) is 0 Å². The third kappa shape index (κ3) is 30.2. The Kier molecular flexibility index (Phi) is 38.5. The lowest BCUT2D eigenvalue weighted by atomic mass is 9.94. The maximum atomic E-state index is 13.6. The van der Waals surface area contributed by atoms with Gasteiger partial charge in [-0.2, -0.15) is 0 Å². The summed E-state index contributed by atoms with van der Waals surface area (Å²) in [4.78, 5) is 29.4. The van der Waals surface area contributed by atoms with Crippen LogP contribution in [-0.4, -0.2) is 92.6 Å². The number of ether oxygens (including phenoxy) is 5. The lowest BCUT2D eigenvalue weighted by Crippen LogP contribution is -2.42. The van der Waals surface area contributed by atoms with Gasteiger partial charge in [0.2, 0.25) is 6.29 Å². The largest absolute Gasteiger partial charge is 0.463 e. The summed E-state index contributed by atoms with van der Waals surface area (Å²) in [6.45, 7) is 13.7. The summed E-state index contributed by atoms with van der Waals surface area (Å²) in [7, 11) is 0. The van der Waals surface area contributed by atoms with Crippen LogP contribution in [-0.2, 0) is 33.3 Å². The normalized spacial score (nSPS) is 22.5. The molecule has 0 aliphatic carbocycles. The number of hydrogen-bond acceptors (Lipinski definition) is 9. The molecule has 2 bridgehead atoms. The Morgan fingerprint density at radius 1 is 0.531 bits per heavy atom. The quantitative estimate of drug-likeness (QED) is 0.0499. The number of aliphatic hydroxyl groups is 1. The minimum Gasteiger partial charge on any atom is -0.463 e. The fourth-order valence-electron chi connectivity index (χ4n) is 9.70. The second-order valence-electron chi connectivity index (χ2n) is 20.0. The fraction of sp³-hybridized carbons (Fsp3) is 0.964. The van der Waals surface area contributed by atoms with E-state index in [0.29, 0.717) is 37.9 Å². The van der Waals surface area contributed by atoms with E-state index in [9.17, 15) is 14.7 Å². The van der Waals surface area contributed by atoms with Crippen LogP contribution in [0.1, 0.15) is 259 Å². The number of carbonyl (C=O) groups excluding carboxylic acids is 2. The van der Waals surface area contributed by atoms with Crippen molar-refractivity contribution in [2.75, 3.05) is 46.1 Å². The topological polar surface area (TPSA) is 104 Å². The summed E-state index contributed by atoms with van der Waals surface area (Å²) in [6, 6.07) is 0. The zero-order chi connectivity index (χ0) is 46.1. The first-order chi connectivity index (χ1) is 31.4. The van der Waals surface area contributed by atoms with Gasteiger partial charge in [-0.1, -0.05) is 182 Å². The monoisotopic (exact) mass is 908 g/mol. The molecule has 3 unspecified atom stereocenters. The summed E-state index contributed by atoms with van der Waals surface area (Å²) in [5.74, 6) is 0.395. The molecule has 0 saturated carbocycles. The van der Waals surface area contributed by atoms with Crippen molar-refractivity contribution >= 4 is 11.9 Å². The second kappa shape index (κ2) is 41.9. The number of unbranched alkanes of at least 4 members (excludes halogenated alkanes) is 17. The van der Waals surface area contributed by atoms with E-state index in [1.807, 2.05) is 0 Å². The van der Waals surface area contributed by atoms with Crippen molar-refractivity contribution in [3.63, 3.8) is 0 Å². The SMILES string of the molecule is CCCCCCCCC(CCCCCC)COC1[C@H]2COC(=O)CCCCCCN(CCCCO)CCCCCCC(=O)O[C@H](O2)[C@H]1OCC(CCCCCC)CCCCCCCC. The first kappa shape index (κ1) is 58.9. The molecule has 0 spiro atoms. The molecule has 0 aromatic carbocycles. The fourth-order valence-corrected chi connectivity index (χ4v) is 9.70. The molecule has 2 heterocycles. The minimum atomic E-state index is -0.904. The molecule has 9 heteroatoms. The van der Waals surface area contributed by atoms with E-state index in [-0.39, 0.29) is 25.2 Å². The zero-order valence-corrected chi connectivity index (χ0v) is 42.6. The van der Waals surface area contributed by atoms with Crippen LogP contribution in [0.2, 0.25) is 0 Å². The highest BCUT2D eigenvalue weighted by atomic mass is 16.7. The highest BCUT2D eigenvalue weighted by Crippen LogP contribution is 2.32. The summed E-state index contributed by atoms with van der Waals surface area (Å²) >= 11 is 0. The summed E-state index contributed by atoms with van der Waals surface area (Å²) in [6.07, 6.45) is 37.7. The molecule has 2 aliphatic rings. The maximum absolute atomic E-state index is 13.6. The molecule has 0 amide bonds. The Morgan fingerprint density at radius 3 is 1.47 bits per heavy atom. The second-order valence-corrected chi connectivity index (χ2v) is 20.0. The smallest absolute Gasteiger partial charge is 0.308 e. The first-order valence-electron chi connectivity index (χ1n) is 28.0. The standard InChI is InChI=1S/C55H105NO8/c1-5-9-13-17-19-27-37-48(35-25-15-11-7-3)45-61-53-50-47-60-51(58)39-29-21-23-31-41-56(43-33-34-44-57)42-32-24-22-30-40-52(59)64-55(63-50)54(53)62-46-49(36-26-16-12-8-4)38-28-20-18-14-10-6-2/h48-50,53-55,57H,5-47H2,1-4H3/t48?,49?,50-,53?,54+,55+/m1/s1. The van der Waals surface area contributed by atoms with E-state index >= 15 is 0 Å². The Balaban J connectivity index is 2.31. The average Bonchev–Trinajstić information content (AvgIpc) is 3.62. The molecule has 2 fully saturated rings. The predicted molar refractivity (Wildman–Crippen MR) is 265 cm³/mol. The molecule has 6 atom stereocenters. The van der Waals surface area contributed by atoms with Gasteiger partial charge in [-0.3, -0.25) is 9.59 Å². The van der Waals surface area contributed by atoms with Crippen LogP contribution < -0.4 is 0 Å². The lowest BCUT2D eigenvalue weighted by molar-refractivity contribution is -0.198. The van der Waals surface area contributed by atoms with Crippen LogP contribution in [0.4, 0.5) is 0 Å². The number of rotatable bonds is 34. The lowest BCUT2D eigenvalue weighted by Gasteiger charge is -2.28. The molecule has 0 aromatic rings. The Bertz CT molecular complexity index is 1060. The Hall–Kier alpha value is -1.26. The molecule has 64 heavy (non-hydrogen) atoms. The van der Waals surface area contributed by atoms with Crippen molar-refractivity contribution in [2.24, 2.45) is 11.8 Å². The summed E-state index contributed by atoms with van der Waals surface area (Å²) < 4.78 is 32.8. The molecular weight excluding hydrogens is 803 g/mol. The number of esters is 2. The highest BCUT2D eigenvalue weighted by Gasteiger charge is 2.49. The van der Waals surface area contributed by atoms with Crippen molar-refractivity contribution in [1.29, 1.82) is 0 Å². The third-order valence-electron chi connectivity index (χ3n) is 13.9. The Morgan fingerprint density at radius 2 is 0.969 bits per heavy atom. The minimum absolute atomic E-state index is 0.0665. The van der Waals surface area contributed by atoms with Crippen LogP contribution in [0.15, 0.2) is 0 Å². The molecule has 9 nitrogen and oxygen atoms in total. The van der Waals surface area contributed by atoms with Crippen LogP contribution in [0, 0.1) is 11.8 Å². The molecule has 0 aromatic heterocycles. The van der Waals surface area contributed by atoms with Gasteiger partial charge >= 0.3 is 11.9 Å². The van der Waals surface area contributed by atoms with Crippen molar-refractivity contribution < 1.29 is 38.4 Å². The van der Waals surface area contributed by atoms with E-state index < -0.39 is 24.6 Å². The number of aliphatic hydroxyl groups excluding tert-OH is 1. The number of fused-ring (bicyclic) bond motifs is 2. The summed E-state index contributed by atoms with van der Waals surface area (Å²) in [5.41, 5.74) is 0. The molecule has 378 valence electrons. The molecule has 0 radical (unpaired) electrons. The van der Waals surface area contributed by atoms with Crippen LogP contribution in [0.25, 0.3) is 0 Å². The van der Waals surface area contributed by atoms with Crippen LogP contribution >= 0.6 is 0 Å². The van der Waals surface area contributed by atoms with E-state index in [4.69, 9.17) is 23.7 Å². The molecular formula is C55H105NO8. The van der Waals surface area contributed by atoms with Crippen LogP contribution in [0.5, 0.6) is 0 Å². The van der Waals surface area contributed by atoms with Gasteiger partial charge in [0.25, 0.3) is 0 Å². The van der Waals surface area contributed by atoms with Gasteiger partial charge in [0, 0.05) is 19.4 Å². The van der Waals surface area contributed by atoms with Gasteiger partial charge in [0.05, 0.1) is 13.2 Å². The van der Waals surface area contributed by atoms with Crippen molar-refractivity contribution in [1.82, 2.24) is 4.90 Å². The molecule has 2 saturated heterocycles. The predicted octanol–water partition coefficient (Wildman–Crippen LogP) is 14.2. The highest BCUT2D eigenvalue weighted by molar-refractivity contribution is 5.69. The van der Waals surface area contributed by atoms with E-state index in [1.54, 1.807) is 0 Å². The van der Waals surface area contributed by atoms with Crippen LogP contribution in [0.3, 0.4) is 0 Å². The molecule has 2 rings (SSSR count). The molecule has 1 N–H and O–H groups in total. The van der Waals surface area contributed by atoms with E-state index in [1.165, 1.54) is 128 Å². The zero-order valence-electron chi connectivity index (χ0n) is 42.6. The average molecular weight is 908 g/mol. The van der Waals surface area contributed by atoms with Gasteiger partial charge in [0.1, 0.15) is 24.9 Å². The first-order valence-corrected chi connectivity index (χ1v) is 28.0. The van der Waals surface area contributed by atoms with Gasteiger partial charge in [-0.25, -0.2) is 0 Å². The number of cyclic esters (lactones) is 1. The van der Waals surface area contributed by atoms with Gasteiger partial charge in [-0.15, -0.1) is 0 Å². The number of hydrogen-bond donors (Lipinski definition) is 1. The Labute approximate surface area is 395 Å². The third-order valence-corrected chi connectivity index (χ3v) is 13.9. The van der Waals surface area contributed by atoms with Crippen molar-refractivity contribution in [3.05, 3.63) is 0 Å². The van der Waals surface area contributed by atoms with E-state index in [0.717, 1.165) is 110 Å². The van der Waals surface area contributed by atoms with Gasteiger partial charge in [0.15, 0.2) is 0 Å². The number of carbonyl (C=O) groups is 2. The van der Waals surface area contributed by atoms with Crippen molar-refractivity contribution in [2.45, 2.75) is 283 Å². The maximum Gasteiger partial charge on any atom is 0.308 e. The van der Waals surface area contributed by atoms with Gasteiger partial charge in [-0.05, 0) is 95.7 Å². The molecule has 2 aliphatic heterocycles. The van der Waals surface area contributed by atoms with E-state index in [2.05, 4.69) is 32.6 Å².